The monoisotopic (exact) mass is 486 g/mol. The number of hydrogen-bond acceptors (Lipinski definition) is 7. The molecule has 182 valence electrons. The van der Waals surface area contributed by atoms with Gasteiger partial charge in [-0.25, -0.2) is 0 Å². The van der Waals surface area contributed by atoms with Gasteiger partial charge in [0.15, 0.2) is 11.4 Å². The van der Waals surface area contributed by atoms with Crippen LogP contribution in [0.5, 0.6) is 0 Å². The zero-order chi connectivity index (χ0) is 25.2. The molecule has 0 atom stereocenters. The van der Waals surface area contributed by atoms with Crippen LogP contribution in [-0.4, -0.2) is 41.5 Å². The molecule has 4 aromatic rings. The lowest BCUT2D eigenvalue weighted by atomic mass is 9.94. The van der Waals surface area contributed by atoms with Crippen LogP contribution in [0.15, 0.2) is 29.5 Å². The molecular formula is C22H21F3N8O2. The number of pyridine rings is 1. The molecule has 0 unspecified atom stereocenters. The van der Waals surface area contributed by atoms with Crippen LogP contribution >= 0.6 is 0 Å². The Hall–Kier alpha value is -4.29. The Morgan fingerprint density at radius 1 is 1.26 bits per heavy atom. The molecule has 10 nitrogen and oxygen atoms in total. The highest BCUT2D eigenvalue weighted by molar-refractivity contribution is 6.07. The van der Waals surface area contributed by atoms with Crippen LogP contribution in [0.2, 0.25) is 0 Å². The van der Waals surface area contributed by atoms with Gasteiger partial charge >= 0.3 is 12.2 Å². The number of H-pyrrole nitrogens is 2. The highest BCUT2D eigenvalue weighted by atomic mass is 19.4. The first-order chi connectivity index (χ1) is 16.7. The Morgan fingerprint density at radius 2 is 2.06 bits per heavy atom. The number of nitrogens with one attached hydrogen (secondary N) is 3. The summed E-state index contributed by atoms with van der Waals surface area (Å²) in [5.74, 6) is -0.346. The molecule has 13 heteroatoms. The van der Waals surface area contributed by atoms with Gasteiger partial charge in [0.2, 0.25) is 5.89 Å². The SMILES string of the molecule is C=Cc1[nH]nc(C(=O)Nc2nnc(C)o2)c1-c1cnc(-c2c[nH]nc2C(F)(F)F)cc1CCCC. The number of alkyl halides is 3. The second-order valence-electron chi connectivity index (χ2n) is 7.62. The van der Waals surface area contributed by atoms with E-state index in [1.165, 1.54) is 12.3 Å². The summed E-state index contributed by atoms with van der Waals surface area (Å²) in [5.41, 5.74) is 0.991. The number of aromatic nitrogens is 7. The van der Waals surface area contributed by atoms with Crippen molar-refractivity contribution in [2.45, 2.75) is 39.3 Å². The Bertz CT molecular complexity index is 1370. The summed E-state index contributed by atoms with van der Waals surface area (Å²) < 4.78 is 45.4. The third-order valence-electron chi connectivity index (χ3n) is 5.20. The van der Waals surface area contributed by atoms with Gasteiger partial charge in [-0.05, 0) is 30.5 Å². The van der Waals surface area contributed by atoms with E-state index in [1.54, 1.807) is 13.0 Å². The van der Waals surface area contributed by atoms with E-state index in [0.717, 1.165) is 19.0 Å². The van der Waals surface area contributed by atoms with Crippen LogP contribution < -0.4 is 5.32 Å². The quantitative estimate of drug-likeness (QED) is 0.325. The number of hydrogen-bond donors (Lipinski definition) is 3. The molecular weight excluding hydrogens is 465 g/mol. The highest BCUT2D eigenvalue weighted by Gasteiger charge is 2.37. The van der Waals surface area contributed by atoms with Gasteiger partial charge < -0.3 is 4.42 Å². The van der Waals surface area contributed by atoms with Crippen molar-refractivity contribution >= 4 is 18.0 Å². The molecule has 0 saturated carbocycles. The third-order valence-corrected chi connectivity index (χ3v) is 5.20. The van der Waals surface area contributed by atoms with E-state index < -0.39 is 17.8 Å². The van der Waals surface area contributed by atoms with Gasteiger partial charge in [0.05, 0.1) is 17.0 Å². The number of anilines is 1. The number of rotatable bonds is 8. The number of aryl methyl sites for hydroxylation is 2. The molecule has 35 heavy (non-hydrogen) atoms. The molecule has 1 amide bonds. The number of carbonyl (C=O) groups excluding carboxylic acids is 1. The van der Waals surface area contributed by atoms with Gasteiger partial charge in [0, 0.05) is 30.4 Å². The lowest BCUT2D eigenvalue weighted by Gasteiger charge is -2.13. The summed E-state index contributed by atoms with van der Waals surface area (Å²) in [6.45, 7) is 7.34. The van der Waals surface area contributed by atoms with Crippen LogP contribution in [0.3, 0.4) is 0 Å². The fourth-order valence-corrected chi connectivity index (χ4v) is 3.59. The molecule has 0 saturated heterocycles. The maximum absolute atomic E-state index is 13.4. The van der Waals surface area contributed by atoms with Gasteiger partial charge in [0.1, 0.15) is 0 Å². The maximum atomic E-state index is 13.4. The first kappa shape index (κ1) is 23.9. The van der Waals surface area contributed by atoms with Gasteiger partial charge in [-0.2, -0.15) is 23.4 Å². The van der Waals surface area contributed by atoms with E-state index in [4.69, 9.17) is 4.42 Å². The van der Waals surface area contributed by atoms with E-state index in [-0.39, 0.29) is 28.9 Å². The molecule has 0 fully saturated rings. The highest BCUT2D eigenvalue weighted by Crippen LogP contribution is 2.37. The largest absolute Gasteiger partial charge is 0.435 e. The van der Waals surface area contributed by atoms with Gasteiger partial charge in [-0.15, -0.1) is 5.10 Å². The molecule has 4 aromatic heterocycles. The van der Waals surface area contributed by atoms with Gasteiger partial charge in [0.25, 0.3) is 5.91 Å². The van der Waals surface area contributed by atoms with Crippen molar-refractivity contribution < 1.29 is 22.4 Å². The minimum Gasteiger partial charge on any atom is -0.408 e. The van der Waals surface area contributed by atoms with Crippen molar-refractivity contribution in [3.05, 3.63) is 53.6 Å². The van der Waals surface area contributed by atoms with Crippen LogP contribution in [0, 0.1) is 6.92 Å². The molecule has 0 aromatic carbocycles. The average molecular weight is 486 g/mol. The summed E-state index contributed by atoms with van der Waals surface area (Å²) in [6.07, 6.45) is 1.58. The minimum atomic E-state index is -4.64. The molecule has 4 rings (SSSR count). The molecule has 0 aliphatic heterocycles. The molecule has 0 radical (unpaired) electrons. The van der Waals surface area contributed by atoms with E-state index in [0.29, 0.717) is 28.8 Å². The predicted molar refractivity (Wildman–Crippen MR) is 120 cm³/mol. The van der Waals surface area contributed by atoms with Crippen molar-refractivity contribution in [2.24, 2.45) is 0 Å². The van der Waals surface area contributed by atoms with Crippen molar-refractivity contribution in [2.75, 3.05) is 5.32 Å². The van der Waals surface area contributed by atoms with Gasteiger partial charge in [-0.1, -0.05) is 25.0 Å². The first-order valence-electron chi connectivity index (χ1n) is 10.7. The molecule has 0 aliphatic rings. The zero-order valence-corrected chi connectivity index (χ0v) is 18.8. The predicted octanol–water partition coefficient (Wildman–Crippen LogP) is 4.81. The molecule has 0 spiro atoms. The molecule has 3 N–H and O–H groups in total. The molecule has 0 aliphatic carbocycles. The van der Waals surface area contributed by atoms with Crippen LogP contribution in [-0.2, 0) is 12.6 Å². The van der Waals surface area contributed by atoms with E-state index in [9.17, 15) is 18.0 Å². The smallest absolute Gasteiger partial charge is 0.408 e. The molecule has 4 heterocycles. The van der Waals surface area contributed by atoms with Crippen molar-refractivity contribution in [3.63, 3.8) is 0 Å². The number of unbranched alkanes of at least 4 members (excludes halogenated alkanes) is 1. The average Bonchev–Trinajstić information content (AvgIpc) is 3.56. The Labute approximate surface area is 197 Å². The van der Waals surface area contributed by atoms with Crippen molar-refractivity contribution in [1.82, 2.24) is 35.6 Å². The minimum absolute atomic E-state index is 0.0161. The zero-order valence-electron chi connectivity index (χ0n) is 18.8. The summed E-state index contributed by atoms with van der Waals surface area (Å²) in [4.78, 5) is 17.2. The van der Waals surface area contributed by atoms with E-state index in [2.05, 4.69) is 47.5 Å². The van der Waals surface area contributed by atoms with Crippen LogP contribution in [0.1, 0.15) is 53.1 Å². The van der Waals surface area contributed by atoms with Crippen LogP contribution in [0.4, 0.5) is 19.2 Å². The summed E-state index contributed by atoms with van der Waals surface area (Å²) in [5, 5.41) is 22.4. The Balaban J connectivity index is 1.81. The Morgan fingerprint density at radius 3 is 2.71 bits per heavy atom. The summed E-state index contributed by atoms with van der Waals surface area (Å²) in [7, 11) is 0. The fourth-order valence-electron chi connectivity index (χ4n) is 3.59. The number of nitrogens with zero attached hydrogens (tertiary/aromatic N) is 5. The maximum Gasteiger partial charge on any atom is 0.435 e. The van der Waals surface area contributed by atoms with E-state index in [1.807, 2.05) is 6.92 Å². The van der Waals surface area contributed by atoms with E-state index >= 15 is 0 Å². The van der Waals surface area contributed by atoms with Gasteiger partial charge in [-0.3, -0.25) is 25.3 Å². The van der Waals surface area contributed by atoms with Crippen molar-refractivity contribution in [3.8, 4) is 22.4 Å². The summed E-state index contributed by atoms with van der Waals surface area (Å²) in [6, 6.07) is 1.48. The van der Waals surface area contributed by atoms with Crippen LogP contribution in [0.25, 0.3) is 28.5 Å². The summed E-state index contributed by atoms with van der Waals surface area (Å²) >= 11 is 0. The number of amides is 1. The molecule has 0 bridgehead atoms. The number of halogens is 3. The fraction of sp³-hybridized carbons (Fsp3) is 0.273. The normalized spacial score (nSPS) is 11.6. The number of aromatic amines is 2. The topological polar surface area (TPSA) is 138 Å². The van der Waals surface area contributed by atoms with Crippen molar-refractivity contribution in [1.29, 1.82) is 0 Å². The lowest BCUT2D eigenvalue weighted by molar-refractivity contribution is -0.140. The lowest BCUT2D eigenvalue weighted by Crippen LogP contribution is -2.14. The Kier molecular flexibility index (Phi) is 6.49. The third kappa shape index (κ3) is 4.83. The first-order valence-corrected chi connectivity index (χ1v) is 10.7. The second-order valence-corrected chi connectivity index (χ2v) is 7.62. The second kappa shape index (κ2) is 9.52. The number of carbonyl (C=O) groups is 1. The standard InChI is InChI=1S/C22H21F3N8O2/c1-4-6-7-12-8-16(14-10-27-32-19(14)22(23,24)25)26-9-13(12)17-15(5-2)30-31-18(17)20(34)28-21-33-29-11(3)35-21/h5,8-10H,2,4,6-7H2,1,3H3,(H,27,32)(H,30,31)(H,28,33,34).